The summed E-state index contributed by atoms with van der Waals surface area (Å²) < 4.78 is 40.8. The number of sulfone groups is 1. The highest BCUT2D eigenvalue weighted by Gasteiger charge is 2.29. The Morgan fingerprint density at radius 1 is 1.33 bits per heavy atom. The van der Waals surface area contributed by atoms with E-state index in [0.29, 0.717) is 11.4 Å². The van der Waals surface area contributed by atoms with Gasteiger partial charge in [0, 0.05) is 5.69 Å². The van der Waals surface area contributed by atoms with Gasteiger partial charge in [-0.1, -0.05) is 6.07 Å². The minimum Gasteiger partial charge on any atom is -0.390 e. The summed E-state index contributed by atoms with van der Waals surface area (Å²) in [5.74, 6) is -0.640. The van der Waals surface area contributed by atoms with E-state index in [1.807, 2.05) is 0 Å². The van der Waals surface area contributed by atoms with Gasteiger partial charge in [0.05, 0.1) is 17.2 Å². The Labute approximate surface area is 142 Å². The van der Waals surface area contributed by atoms with Crippen LogP contribution >= 0.6 is 11.8 Å². The van der Waals surface area contributed by atoms with Gasteiger partial charge < -0.3 is 5.11 Å². The van der Waals surface area contributed by atoms with Crippen molar-refractivity contribution in [2.75, 3.05) is 6.26 Å². The van der Waals surface area contributed by atoms with Crippen molar-refractivity contribution in [1.29, 1.82) is 0 Å². The number of aromatic nitrogens is 3. The van der Waals surface area contributed by atoms with Crippen LogP contribution < -0.4 is 0 Å². The van der Waals surface area contributed by atoms with Crippen LogP contribution in [-0.2, 0) is 16.4 Å². The molecule has 1 N–H and O–H groups in total. The lowest BCUT2D eigenvalue weighted by atomic mass is 10.3. The molecular formula is C15H14FN3O3S2. The van der Waals surface area contributed by atoms with Crippen molar-refractivity contribution in [3.63, 3.8) is 0 Å². The van der Waals surface area contributed by atoms with Gasteiger partial charge in [-0.15, -0.1) is 11.8 Å². The molecule has 0 radical (unpaired) electrons. The standard InChI is InChI=1S/C15H14FN3O3S2/c1-9-6-11(8-20)19-14(17-9)13(15(18-19)23-2)24(21,22)12-5-3-4-10(16)7-12/h3-7,20H,8H2,1-2H3. The number of rotatable bonds is 4. The summed E-state index contributed by atoms with van der Waals surface area (Å²) in [5, 5.41) is 14.0. The number of aliphatic hydroxyl groups excluding tert-OH is 1. The van der Waals surface area contributed by atoms with E-state index in [4.69, 9.17) is 0 Å². The number of hydrogen-bond acceptors (Lipinski definition) is 6. The number of hydrogen-bond donors (Lipinski definition) is 1. The first-order valence-corrected chi connectivity index (χ1v) is 9.64. The number of halogens is 1. The van der Waals surface area contributed by atoms with Crippen molar-refractivity contribution in [2.24, 2.45) is 0 Å². The van der Waals surface area contributed by atoms with E-state index in [2.05, 4.69) is 10.1 Å². The van der Waals surface area contributed by atoms with Crippen LogP contribution in [0.4, 0.5) is 4.39 Å². The van der Waals surface area contributed by atoms with Gasteiger partial charge in [0.15, 0.2) is 10.5 Å². The monoisotopic (exact) mass is 367 g/mol. The van der Waals surface area contributed by atoms with Crippen LogP contribution in [0.15, 0.2) is 45.1 Å². The molecule has 2 aromatic heterocycles. The van der Waals surface area contributed by atoms with E-state index in [1.165, 1.54) is 22.7 Å². The van der Waals surface area contributed by atoms with Gasteiger partial charge in [-0.2, -0.15) is 5.10 Å². The summed E-state index contributed by atoms with van der Waals surface area (Å²) in [6.07, 6.45) is 1.69. The van der Waals surface area contributed by atoms with Gasteiger partial charge in [-0.05, 0) is 37.4 Å². The first kappa shape index (κ1) is 16.9. The van der Waals surface area contributed by atoms with Crippen LogP contribution in [0.5, 0.6) is 0 Å². The molecular weight excluding hydrogens is 353 g/mol. The highest BCUT2D eigenvalue weighted by molar-refractivity contribution is 7.99. The number of aryl methyl sites for hydroxylation is 1. The summed E-state index contributed by atoms with van der Waals surface area (Å²) in [5.41, 5.74) is 1.09. The van der Waals surface area contributed by atoms with Crippen LogP contribution in [-0.4, -0.2) is 34.4 Å². The van der Waals surface area contributed by atoms with E-state index in [1.54, 1.807) is 19.2 Å². The zero-order valence-electron chi connectivity index (χ0n) is 12.9. The Morgan fingerprint density at radius 3 is 2.71 bits per heavy atom. The van der Waals surface area contributed by atoms with E-state index >= 15 is 0 Å². The summed E-state index contributed by atoms with van der Waals surface area (Å²) in [7, 11) is -4.02. The lowest BCUT2D eigenvalue weighted by Crippen LogP contribution is -2.06. The molecule has 3 rings (SSSR count). The fourth-order valence-corrected chi connectivity index (χ4v) is 4.83. The molecule has 0 aliphatic rings. The maximum atomic E-state index is 13.5. The third kappa shape index (κ3) is 2.68. The highest BCUT2D eigenvalue weighted by atomic mass is 32.2. The number of aliphatic hydroxyl groups is 1. The molecule has 0 saturated heterocycles. The van der Waals surface area contributed by atoms with Crippen LogP contribution in [0.25, 0.3) is 5.65 Å². The largest absolute Gasteiger partial charge is 0.390 e. The lowest BCUT2D eigenvalue weighted by Gasteiger charge is -2.06. The second-order valence-corrected chi connectivity index (χ2v) is 7.76. The lowest BCUT2D eigenvalue weighted by molar-refractivity contribution is 0.273. The van der Waals surface area contributed by atoms with E-state index in [9.17, 15) is 17.9 Å². The van der Waals surface area contributed by atoms with Gasteiger partial charge in [0.25, 0.3) is 0 Å². The molecule has 0 aliphatic carbocycles. The molecule has 9 heteroatoms. The van der Waals surface area contributed by atoms with Crippen molar-refractivity contribution in [2.45, 2.75) is 28.3 Å². The molecule has 0 bridgehead atoms. The van der Waals surface area contributed by atoms with Gasteiger partial charge in [0.2, 0.25) is 9.84 Å². The minimum absolute atomic E-state index is 0.0843. The summed E-state index contributed by atoms with van der Waals surface area (Å²) in [6.45, 7) is 1.39. The van der Waals surface area contributed by atoms with E-state index < -0.39 is 15.7 Å². The topological polar surface area (TPSA) is 84.6 Å². The summed E-state index contributed by atoms with van der Waals surface area (Å²) in [4.78, 5) is 4.02. The average Bonchev–Trinajstić information content (AvgIpc) is 2.93. The Bertz CT molecular complexity index is 1030. The minimum atomic E-state index is -4.02. The fraction of sp³-hybridized carbons (Fsp3) is 0.200. The Morgan fingerprint density at radius 2 is 2.08 bits per heavy atom. The first-order chi connectivity index (χ1) is 11.4. The molecule has 6 nitrogen and oxygen atoms in total. The third-order valence-electron chi connectivity index (χ3n) is 3.45. The Balaban J connectivity index is 2.38. The normalized spacial score (nSPS) is 12.0. The van der Waals surface area contributed by atoms with Crippen molar-refractivity contribution < 1.29 is 17.9 Å². The summed E-state index contributed by atoms with van der Waals surface area (Å²) in [6, 6.07) is 6.44. The first-order valence-electron chi connectivity index (χ1n) is 6.93. The summed E-state index contributed by atoms with van der Waals surface area (Å²) >= 11 is 1.15. The zero-order valence-corrected chi connectivity index (χ0v) is 14.5. The maximum absolute atomic E-state index is 13.5. The third-order valence-corrected chi connectivity index (χ3v) is 6.04. The number of thioether (sulfide) groups is 1. The maximum Gasteiger partial charge on any atom is 0.213 e. The quantitative estimate of drug-likeness (QED) is 0.712. The molecule has 0 aliphatic heterocycles. The molecule has 126 valence electrons. The molecule has 2 heterocycles. The second-order valence-electron chi connectivity index (χ2n) is 5.08. The Kier molecular flexibility index (Phi) is 4.33. The van der Waals surface area contributed by atoms with Crippen molar-refractivity contribution in [1.82, 2.24) is 14.6 Å². The fourth-order valence-electron chi connectivity index (χ4n) is 2.41. The van der Waals surface area contributed by atoms with Gasteiger partial charge in [-0.25, -0.2) is 22.3 Å². The molecule has 1 aromatic carbocycles. The average molecular weight is 367 g/mol. The second kappa shape index (κ2) is 6.15. The molecule has 0 amide bonds. The smallest absolute Gasteiger partial charge is 0.213 e. The van der Waals surface area contributed by atoms with Gasteiger partial charge >= 0.3 is 0 Å². The molecule has 0 fully saturated rings. The molecule has 24 heavy (non-hydrogen) atoms. The zero-order chi connectivity index (χ0) is 17.5. The number of fused-ring (bicyclic) bond motifs is 1. The van der Waals surface area contributed by atoms with Crippen molar-refractivity contribution >= 4 is 27.2 Å². The van der Waals surface area contributed by atoms with Gasteiger partial charge in [-0.3, -0.25) is 0 Å². The predicted molar refractivity (Wildman–Crippen MR) is 87.3 cm³/mol. The molecule has 3 aromatic rings. The molecule has 0 unspecified atom stereocenters. The van der Waals surface area contributed by atoms with Crippen molar-refractivity contribution in [3.05, 3.63) is 47.5 Å². The van der Waals surface area contributed by atoms with Gasteiger partial charge in [0.1, 0.15) is 10.8 Å². The SMILES string of the molecule is CSc1nn2c(CO)cc(C)nc2c1S(=O)(=O)c1cccc(F)c1. The van der Waals surface area contributed by atoms with Crippen LogP contribution in [0, 0.1) is 12.7 Å². The van der Waals surface area contributed by atoms with Crippen molar-refractivity contribution in [3.8, 4) is 0 Å². The Hall–Kier alpha value is -1.97. The van der Waals surface area contributed by atoms with E-state index in [-0.39, 0.29) is 27.1 Å². The highest BCUT2D eigenvalue weighted by Crippen LogP contribution is 2.32. The van der Waals surface area contributed by atoms with Crippen LogP contribution in [0.3, 0.4) is 0 Å². The van der Waals surface area contributed by atoms with Crippen LogP contribution in [0.2, 0.25) is 0 Å². The number of nitrogens with zero attached hydrogens (tertiary/aromatic N) is 3. The molecule has 0 spiro atoms. The predicted octanol–water partition coefficient (Wildman–Crippen LogP) is 2.22. The molecule has 0 atom stereocenters. The number of benzene rings is 1. The van der Waals surface area contributed by atoms with E-state index in [0.717, 1.165) is 17.8 Å². The molecule has 0 saturated carbocycles. The van der Waals surface area contributed by atoms with Crippen LogP contribution in [0.1, 0.15) is 11.4 Å².